The van der Waals surface area contributed by atoms with E-state index in [0.29, 0.717) is 18.3 Å². The molecule has 1 aliphatic rings. The molecule has 0 saturated heterocycles. The van der Waals surface area contributed by atoms with Crippen molar-refractivity contribution in [2.75, 3.05) is 7.05 Å². The molecule has 0 heterocycles. The van der Waals surface area contributed by atoms with Gasteiger partial charge in [0, 0.05) is 13.5 Å². The predicted octanol–water partition coefficient (Wildman–Crippen LogP) is 1.74. The molecule has 1 rings (SSSR count). The monoisotopic (exact) mass is 227 g/mol. The number of likely N-dealkylation sites (N-methyl/N-ethyl adjacent to an activating group) is 1. The van der Waals surface area contributed by atoms with E-state index in [1.54, 1.807) is 7.05 Å². The van der Waals surface area contributed by atoms with Gasteiger partial charge in [0.05, 0.1) is 0 Å². The molecule has 4 heteroatoms. The number of carboxylic acid groups (broad SMARTS) is 1. The van der Waals surface area contributed by atoms with Crippen molar-refractivity contribution < 1.29 is 14.7 Å². The average Bonchev–Trinajstić information content (AvgIpc) is 2.61. The van der Waals surface area contributed by atoms with E-state index >= 15 is 0 Å². The molecule has 1 amide bonds. The topological polar surface area (TPSA) is 57.6 Å². The summed E-state index contributed by atoms with van der Waals surface area (Å²) >= 11 is 0. The molecule has 16 heavy (non-hydrogen) atoms. The minimum atomic E-state index is -0.948. The second-order valence-corrected chi connectivity index (χ2v) is 5.01. The number of aliphatic carboxylic acids is 1. The molecule has 1 aliphatic carbocycles. The van der Waals surface area contributed by atoms with Gasteiger partial charge in [-0.1, -0.05) is 13.3 Å². The van der Waals surface area contributed by atoms with Crippen molar-refractivity contribution in [1.29, 1.82) is 0 Å². The Balaban J connectivity index is 2.43. The van der Waals surface area contributed by atoms with Crippen LogP contribution < -0.4 is 0 Å². The summed E-state index contributed by atoms with van der Waals surface area (Å²) in [6.45, 7) is 3.74. The molecule has 3 unspecified atom stereocenters. The lowest BCUT2D eigenvalue weighted by Crippen LogP contribution is -2.40. The number of hydrogen-bond donors (Lipinski definition) is 1. The highest BCUT2D eigenvalue weighted by Gasteiger charge is 2.27. The van der Waals surface area contributed by atoms with Gasteiger partial charge in [-0.05, 0) is 31.6 Å². The van der Waals surface area contributed by atoms with E-state index in [-0.39, 0.29) is 5.91 Å². The van der Waals surface area contributed by atoms with Crippen LogP contribution in [-0.4, -0.2) is 35.0 Å². The number of carboxylic acids is 1. The van der Waals surface area contributed by atoms with Crippen LogP contribution in [0.4, 0.5) is 0 Å². The lowest BCUT2D eigenvalue weighted by atomic mass is 10.0. The third kappa shape index (κ3) is 3.22. The summed E-state index contributed by atoms with van der Waals surface area (Å²) in [6.07, 6.45) is 3.89. The van der Waals surface area contributed by atoms with Crippen LogP contribution in [0.1, 0.15) is 39.5 Å². The summed E-state index contributed by atoms with van der Waals surface area (Å²) in [4.78, 5) is 23.9. The molecule has 0 spiro atoms. The van der Waals surface area contributed by atoms with Crippen LogP contribution in [0, 0.1) is 11.8 Å². The van der Waals surface area contributed by atoms with Gasteiger partial charge in [0.25, 0.3) is 0 Å². The quantitative estimate of drug-likeness (QED) is 0.796. The highest BCUT2D eigenvalue weighted by Crippen LogP contribution is 2.32. The van der Waals surface area contributed by atoms with Crippen LogP contribution in [0.15, 0.2) is 0 Å². The van der Waals surface area contributed by atoms with Crippen LogP contribution in [0.25, 0.3) is 0 Å². The molecule has 0 aromatic heterocycles. The number of carbonyl (C=O) groups excluding carboxylic acids is 1. The Kier molecular flexibility index (Phi) is 4.33. The highest BCUT2D eigenvalue weighted by atomic mass is 16.4. The molecule has 4 nitrogen and oxygen atoms in total. The van der Waals surface area contributed by atoms with Gasteiger partial charge in [-0.15, -0.1) is 0 Å². The first-order valence-corrected chi connectivity index (χ1v) is 5.90. The van der Waals surface area contributed by atoms with Gasteiger partial charge in [-0.3, -0.25) is 4.79 Å². The van der Waals surface area contributed by atoms with E-state index in [2.05, 4.69) is 6.92 Å². The van der Waals surface area contributed by atoms with Gasteiger partial charge in [-0.25, -0.2) is 4.79 Å². The first-order valence-electron chi connectivity index (χ1n) is 5.90. The molecule has 0 aromatic rings. The van der Waals surface area contributed by atoms with Crippen molar-refractivity contribution in [3.63, 3.8) is 0 Å². The molecular weight excluding hydrogens is 206 g/mol. The first-order chi connectivity index (χ1) is 7.41. The zero-order valence-corrected chi connectivity index (χ0v) is 10.3. The predicted molar refractivity (Wildman–Crippen MR) is 61.0 cm³/mol. The normalized spacial score (nSPS) is 26.4. The van der Waals surface area contributed by atoms with E-state index in [9.17, 15) is 9.59 Å². The summed E-state index contributed by atoms with van der Waals surface area (Å²) in [6, 6.07) is -0.730. The van der Waals surface area contributed by atoms with E-state index < -0.39 is 12.0 Å². The summed E-state index contributed by atoms with van der Waals surface area (Å²) in [7, 11) is 1.57. The lowest BCUT2D eigenvalue weighted by molar-refractivity contribution is -0.148. The van der Waals surface area contributed by atoms with Crippen molar-refractivity contribution in [3.05, 3.63) is 0 Å². The third-order valence-corrected chi connectivity index (χ3v) is 3.60. The molecule has 1 fully saturated rings. The minimum Gasteiger partial charge on any atom is -0.480 e. The molecule has 1 saturated carbocycles. The van der Waals surface area contributed by atoms with Crippen LogP contribution in [-0.2, 0) is 9.59 Å². The van der Waals surface area contributed by atoms with Crippen molar-refractivity contribution in [2.45, 2.75) is 45.6 Å². The van der Waals surface area contributed by atoms with Crippen LogP contribution >= 0.6 is 0 Å². The number of carbonyl (C=O) groups is 2. The summed E-state index contributed by atoms with van der Waals surface area (Å²) < 4.78 is 0. The fraction of sp³-hybridized carbons (Fsp3) is 0.833. The number of amides is 1. The molecular formula is C12H21NO3. The number of nitrogens with zero attached hydrogens (tertiary/aromatic N) is 1. The Labute approximate surface area is 96.6 Å². The van der Waals surface area contributed by atoms with Gasteiger partial charge < -0.3 is 10.0 Å². The van der Waals surface area contributed by atoms with E-state index in [4.69, 9.17) is 5.11 Å². The molecule has 92 valence electrons. The summed E-state index contributed by atoms with van der Waals surface area (Å²) in [5, 5.41) is 8.81. The second-order valence-electron chi connectivity index (χ2n) is 5.01. The Morgan fingerprint density at radius 2 is 2.06 bits per heavy atom. The SMILES string of the molecule is CC1CCC(CC(=O)N(C)C(C)C(=O)O)C1. The second kappa shape index (κ2) is 5.32. The van der Waals surface area contributed by atoms with E-state index in [1.165, 1.54) is 18.2 Å². The lowest BCUT2D eigenvalue weighted by Gasteiger charge is -2.23. The van der Waals surface area contributed by atoms with Crippen molar-refractivity contribution in [2.24, 2.45) is 11.8 Å². The molecule has 0 aliphatic heterocycles. The zero-order chi connectivity index (χ0) is 12.3. The maximum absolute atomic E-state index is 11.8. The van der Waals surface area contributed by atoms with Crippen molar-refractivity contribution >= 4 is 11.9 Å². The summed E-state index contributed by atoms with van der Waals surface area (Å²) in [5.41, 5.74) is 0. The smallest absolute Gasteiger partial charge is 0.326 e. The fourth-order valence-corrected chi connectivity index (χ4v) is 2.28. The van der Waals surface area contributed by atoms with Gasteiger partial charge in [0.15, 0.2) is 0 Å². The van der Waals surface area contributed by atoms with Crippen LogP contribution in [0.3, 0.4) is 0 Å². The summed E-state index contributed by atoms with van der Waals surface area (Å²) in [5.74, 6) is 0.163. The molecule has 1 N–H and O–H groups in total. The van der Waals surface area contributed by atoms with Crippen LogP contribution in [0.5, 0.6) is 0 Å². The Morgan fingerprint density at radius 3 is 2.50 bits per heavy atom. The van der Waals surface area contributed by atoms with Gasteiger partial charge in [0.2, 0.25) is 5.91 Å². The Bertz CT molecular complexity index is 277. The number of hydrogen-bond acceptors (Lipinski definition) is 2. The fourth-order valence-electron chi connectivity index (χ4n) is 2.28. The molecule has 0 aromatic carbocycles. The van der Waals surface area contributed by atoms with Crippen molar-refractivity contribution in [3.8, 4) is 0 Å². The maximum Gasteiger partial charge on any atom is 0.326 e. The maximum atomic E-state index is 11.8. The van der Waals surface area contributed by atoms with Gasteiger partial charge >= 0.3 is 5.97 Å². The Hall–Kier alpha value is -1.06. The third-order valence-electron chi connectivity index (χ3n) is 3.60. The molecule has 0 radical (unpaired) electrons. The standard InChI is InChI=1S/C12H21NO3/c1-8-4-5-10(6-8)7-11(14)13(3)9(2)12(15)16/h8-10H,4-7H2,1-3H3,(H,15,16). The molecule has 0 bridgehead atoms. The largest absolute Gasteiger partial charge is 0.480 e. The van der Waals surface area contributed by atoms with E-state index in [0.717, 1.165) is 12.8 Å². The van der Waals surface area contributed by atoms with Gasteiger partial charge in [-0.2, -0.15) is 0 Å². The zero-order valence-electron chi connectivity index (χ0n) is 10.3. The minimum absolute atomic E-state index is 0.0472. The average molecular weight is 227 g/mol. The van der Waals surface area contributed by atoms with Gasteiger partial charge in [0.1, 0.15) is 6.04 Å². The highest BCUT2D eigenvalue weighted by molar-refractivity contribution is 5.83. The van der Waals surface area contributed by atoms with Crippen molar-refractivity contribution in [1.82, 2.24) is 4.90 Å². The van der Waals surface area contributed by atoms with E-state index in [1.807, 2.05) is 0 Å². The first kappa shape index (κ1) is 13.0. The molecule has 3 atom stereocenters. The van der Waals surface area contributed by atoms with Crippen LogP contribution in [0.2, 0.25) is 0 Å². The number of rotatable bonds is 4. The Morgan fingerprint density at radius 1 is 1.44 bits per heavy atom.